The molecule has 21 heavy (non-hydrogen) atoms. The minimum Gasteiger partial charge on any atom is -0.327 e. The van der Waals surface area contributed by atoms with Gasteiger partial charge in [-0.2, -0.15) is 0 Å². The van der Waals surface area contributed by atoms with Crippen molar-refractivity contribution in [2.75, 3.05) is 5.88 Å². The van der Waals surface area contributed by atoms with Gasteiger partial charge >= 0.3 is 0 Å². The summed E-state index contributed by atoms with van der Waals surface area (Å²) in [6.45, 7) is 3.36. The number of alkyl halides is 1. The molecule has 2 fully saturated rings. The molecule has 1 aromatic heterocycles. The Kier molecular flexibility index (Phi) is 3.45. The second kappa shape index (κ2) is 5.31. The Morgan fingerprint density at radius 3 is 2.57 bits per heavy atom. The van der Waals surface area contributed by atoms with Crippen LogP contribution in [-0.2, 0) is 13.0 Å². The average molecular weight is 303 g/mol. The van der Waals surface area contributed by atoms with Gasteiger partial charge in [0.25, 0.3) is 0 Å². The van der Waals surface area contributed by atoms with E-state index in [0.29, 0.717) is 5.88 Å². The lowest BCUT2D eigenvalue weighted by molar-refractivity contribution is 0.349. The maximum atomic E-state index is 6.01. The Hall–Kier alpha value is -1.02. The molecular weight excluding hydrogens is 280 g/mol. The highest BCUT2D eigenvalue weighted by Crippen LogP contribution is 2.50. The van der Waals surface area contributed by atoms with Gasteiger partial charge < -0.3 is 4.57 Å². The van der Waals surface area contributed by atoms with E-state index in [2.05, 4.69) is 29.7 Å². The number of nitrogens with zero attached hydrogens (tertiary/aromatic N) is 2. The first-order chi connectivity index (χ1) is 10.3. The molecule has 0 saturated heterocycles. The normalized spacial score (nSPS) is 18.8. The molecule has 2 aliphatic rings. The van der Waals surface area contributed by atoms with Gasteiger partial charge in [0.2, 0.25) is 0 Å². The minimum absolute atomic E-state index is 0.653. The number of para-hydroxylation sites is 1. The molecule has 2 saturated carbocycles. The van der Waals surface area contributed by atoms with Crippen LogP contribution >= 0.6 is 11.6 Å². The highest BCUT2D eigenvalue weighted by atomic mass is 35.5. The molecule has 0 atom stereocenters. The molecule has 0 spiro atoms. The van der Waals surface area contributed by atoms with Gasteiger partial charge in [0.15, 0.2) is 0 Å². The van der Waals surface area contributed by atoms with Crippen LogP contribution in [0.3, 0.4) is 0 Å². The van der Waals surface area contributed by atoms with Crippen molar-refractivity contribution >= 4 is 22.6 Å². The Morgan fingerprint density at radius 1 is 1.24 bits per heavy atom. The predicted molar refractivity (Wildman–Crippen MR) is 87.8 cm³/mol. The van der Waals surface area contributed by atoms with Gasteiger partial charge in [-0.25, -0.2) is 4.98 Å². The summed E-state index contributed by atoms with van der Waals surface area (Å²) in [5, 5.41) is 0. The van der Waals surface area contributed by atoms with Crippen molar-refractivity contribution in [1.82, 2.24) is 9.55 Å². The molecule has 1 heterocycles. The summed E-state index contributed by atoms with van der Waals surface area (Å²) in [7, 11) is 0. The number of aryl methyl sites for hydroxylation is 2. The van der Waals surface area contributed by atoms with Crippen LogP contribution in [0.2, 0.25) is 0 Å². The summed E-state index contributed by atoms with van der Waals surface area (Å²) in [5.41, 5.74) is 3.82. The van der Waals surface area contributed by atoms with E-state index in [-0.39, 0.29) is 0 Å². The summed E-state index contributed by atoms with van der Waals surface area (Å²) in [6.07, 6.45) is 6.64. The SMILES string of the molecule is Cc1cccc2nc(CCCl)n(CC(C3CC3)C3CC3)c12. The Morgan fingerprint density at radius 2 is 1.95 bits per heavy atom. The second-order valence-electron chi connectivity index (χ2n) is 6.86. The Bertz CT molecular complexity index is 641. The van der Waals surface area contributed by atoms with Crippen LogP contribution in [0, 0.1) is 24.7 Å². The molecule has 3 heteroatoms. The van der Waals surface area contributed by atoms with E-state index >= 15 is 0 Å². The van der Waals surface area contributed by atoms with E-state index in [0.717, 1.165) is 36.2 Å². The van der Waals surface area contributed by atoms with E-state index in [1.807, 2.05) is 0 Å². The van der Waals surface area contributed by atoms with Gasteiger partial charge in [0.1, 0.15) is 5.82 Å². The van der Waals surface area contributed by atoms with Crippen LogP contribution < -0.4 is 0 Å². The first-order valence-electron chi connectivity index (χ1n) is 8.28. The highest BCUT2D eigenvalue weighted by Gasteiger charge is 2.41. The number of hydrogen-bond acceptors (Lipinski definition) is 1. The maximum absolute atomic E-state index is 6.01. The Labute approximate surface area is 131 Å². The van der Waals surface area contributed by atoms with Crippen molar-refractivity contribution in [3.05, 3.63) is 29.6 Å². The van der Waals surface area contributed by atoms with Crippen LogP contribution in [0.15, 0.2) is 18.2 Å². The molecule has 2 nitrogen and oxygen atoms in total. The average Bonchev–Trinajstić information content (AvgIpc) is 3.36. The number of rotatable bonds is 6. The van der Waals surface area contributed by atoms with Crippen LogP contribution in [0.1, 0.15) is 37.1 Å². The lowest BCUT2D eigenvalue weighted by Gasteiger charge is -2.19. The van der Waals surface area contributed by atoms with Gasteiger partial charge in [0.05, 0.1) is 11.0 Å². The zero-order valence-electron chi connectivity index (χ0n) is 12.7. The molecule has 0 amide bonds. The molecule has 112 valence electrons. The summed E-state index contributed by atoms with van der Waals surface area (Å²) in [6, 6.07) is 6.45. The van der Waals surface area contributed by atoms with E-state index in [1.165, 1.54) is 42.6 Å². The van der Waals surface area contributed by atoms with Crippen LogP contribution in [0.25, 0.3) is 11.0 Å². The molecule has 0 aliphatic heterocycles. The molecule has 1 aromatic carbocycles. The van der Waals surface area contributed by atoms with Crippen molar-refractivity contribution in [2.45, 2.75) is 45.6 Å². The van der Waals surface area contributed by atoms with Gasteiger partial charge in [-0.15, -0.1) is 11.6 Å². The zero-order valence-corrected chi connectivity index (χ0v) is 13.4. The largest absolute Gasteiger partial charge is 0.327 e. The summed E-state index contributed by atoms with van der Waals surface area (Å²) < 4.78 is 2.49. The van der Waals surface area contributed by atoms with Crippen LogP contribution in [0.4, 0.5) is 0 Å². The number of hydrogen-bond donors (Lipinski definition) is 0. The van der Waals surface area contributed by atoms with Crippen molar-refractivity contribution in [2.24, 2.45) is 17.8 Å². The number of fused-ring (bicyclic) bond motifs is 1. The smallest absolute Gasteiger partial charge is 0.111 e. The Balaban J connectivity index is 1.75. The lowest BCUT2D eigenvalue weighted by Crippen LogP contribution is -2.17. The molecule has 2 aliphatic carbocycles. The van der Waals surface area contributed by atoms with Crippen LogP contribution in [-0.4, -0.2) is 15.4 Å². The number of halogens is 1. The summed E-state index contributed by atoms with van der Waals surface area (Å²) >= 11 is 6.01. The molecule has 0 unspecified atom stereocenters. The zero-order chi connectivity index (χ0) is 14.4. The standard InChI is InChI=1S/C18H23ClN2/c1-12-3-2-4-16-18(12)21(17(20-16)9-10-19)11-15(13-5-6-13)14-7-8-14/h2-4,13-15H,5-11H2,1H3. The third-order valence-corrected chi connectivity index (χ3v) is 5.40. The van der Waals surface area contributed by atoms with Gasteiger partial charge in [-0.3, -0.25) is 0 Å². The number of benzene rings is 1. The fourth-order valence-corrected chi connectivity index (χ4v) is 4.00. The van der Waals surface area contributed by atoms with E-state index in [9.17, 15) is 0 Å². The topological polar surface area (TPSA) is 17.8 Å². The molecule has 0 radical (unpaired) electrons. The third kappa shape index (κ3) is 2.59. The molecule has 2 aromatic rings. The van der Waals surface area contributed by atoms with Gasteiger partial charge in [-0.1, -0.05) is 12.1 Å². The van der Waals surface area contributed by atoms with E-state index in [4.69, 9.17) is 16.6 Å². The molecule has 0 N–H and O–H groups in total. The van der Waals surface area contributed by atoms with Crippen molar-refractivity contribution in [3.8, 4) is 0 Å². The first-order valence-corrected chi connectivity index (χ1v) is 8.82. The number of aromatic nitrogens is 2. The highest BCUT2D eigenvalue weighted by molar-refractivity contribution is 6.17. The van der Waals surface area contributed by atoms with Crippen molar-refractivity contribution in [1.29, 1.82) is 0 Å². The van der Waals surface area contributed by atoms with Crippen molar-refractivity contribution < 1.29 is 0 Å². The second-order valence-corrected chi connectivity index (χ2v) is 7.24. The molecule has 4 rings (SSSR count). The predicted octanol–water partition coefficient (Wildman–Crippen LogP) is 4.56. The maximum Gasteiger partial charge on any atom is 0.111 e. The number of imidazole rings is 1. The first kappa shape index (κ1) is 13.6. The van der Waals surface area contributed by atoms with E-state index < -0.39 is 0 Å². The minimum atomic E-state index is 0.653. The van der Waals surface area contributed by atoms with Crippen LogP contribution in [0.5, 0.6) is 0 Å². The summed E-state index contributed by atoms with van der Waals surface area (Å²) in [4.78, 5) is 4.85. The fourth-order valence-electron chi connectivity index (χ4n) is 3.83. The fraction of sp³-hybridized carbons (Fsp3) is 0.611. The third-order valence-electron chi connectivity index (χ3n) is 5.21. The van der Waals surface area contributed by atoms with Gasteiger partial charge in [-0.05, 0) is 62.0 Å². The molecular formula is C18H23ClN2. The molecule has 0 bridgehead atoms. The van der Waals surface area contributed by atoms with E-state index in [1.54, 1.807) is 0 Å². The monoisotopic (exact) mass is 302 g/mol. The quantitative estimate of drug-likeness (QED) is 0.715. The lowest BCUT2D eigenvalue weighted by atomic mass is 9.97. The van der Waals surface area contributed by atoms with Crippen molar-refractivity contribution in [3.63, 3.8) is 0 Å². The van der Waals surface area contributed by atoms with Gasteiger partial charge in [0, 0.05) is 18.8 Å². The summed E-state index contributed by atoms with van der Waals surface area (Å²) in [5.74, 6) is 4.65.